The monoisotopic (exact) mass is 338 g/mol. The van der Waals surface area contributed by atoms with E-state index in [2.05, 4.69) is 5.10 Å². The van der Waals surface area contributed by atoms with Gasteiger partial charge in [-0.05, 0) is 31.9 Å². The van der Waals surface area contributed by atoms with Gasteiger partial charge in [0.05, 0.1) is 12.2 Å². The molecule has 1 atom stereocenters. The summed E-state index contributed by atoms with van der Waals surface area (Å²) in [6, 6.07) is 3.53. The maximum Gasteiger partial charge on any atom is 0.282 e. The highest BCUT2D eigenvalue weighted by Gasteiger charge is 2.39. The number of hydrogen-bond donors (Lipinski definition) is 0. The van der Waals surface area contributed by atoms with Crippen LogP contribution in [0.25, 0.3) is 0 Å². The number of nitrogens with zero attached hydrogens (tertiary/aromatic N) is 4. The van der Waals surface area contributed by atoms with Crippen molar-refractivity contribution < 1.29 is 12.8 Å². The summed E-state index contributed by atoms with van der Waals surface area (Å²) in [5, 5.41) is 4.08. The Morgan fingerprint density at radius 2 is 2.22 bits per heavy atom. The molecule has 0 spiro atoms. The quantitative estimate of drug-likeness (QED) is 0.834. The largest absolute Gasteiger partial charge is 0.465 e. The van der Waals surface area contributed by atoms with Crippen LogP contribution >= 0.6 is 0 Å². The van der Waals surface area contributed by atoms with Crippen LogP contribution in [-0.4, -0.2) is 40.4 Å². The molecule has 126 valence electrons. The van der Waals surface area contributed by atoms with E-state index in [1.54, 1.807) is 22.2 Å². The van der Waals surface area contributed by atoms with Crippen molar-refractivity contribution in [3.8, 4) is 0 Å². The number of rotatable bonds is 5. The van der Waals surface area contributed by atoms with Crippen molar-refractivity contribution in [2.24, 2.45) is 7.05 Å². The summed E-state index contributed by atoms with van der Waals surface area (Å²) in [4.78, 5) is 0. The minimum Gasteiger partial charge on any atom is -0.465 e. The Morgan fingerprint density at radius 1 is 1.43 bits per heavy atom. The molecule has 1 aliphatic heterocycles. The zero-order chi connectivity index (χ0) is 16.6. The molecule has 0 aromatic carbocycles. The molecule has 0 saturated carbocycles. The fraction of sp³-hybridized carbons (Fsp3) is 0.533. The van der Waals surface area contributed by atoms with E-state index in [0.717, 1.165) is 29.9 Å². The second-order valence-electron chi connectivity index (χ2n) is 6.00. The van der Waals surface area contributed by atoms with Crippen molar-refractivity contribution in [1.82, 2.24) is 18.4 Å². The summed E-state index contributed by atoms with van der Waals surface area (Å²) in [5.41, 5.74) is 0.864. The van der Waals surface area contributed by atoms with Gasteiger partial charge in [-0.15, -0.1) is 0 Å². The average molecular weight is 338 g/mol. The number of aromatic nitrogens is 2. The van der Waals surface area contributed by atoms with Crippen LogP contribution in [0.5, 0.6) is 0 Å². The first kappa shape index (κ1) is 16.2. The molecule has 1 fully saturated rings. The normalized spacial score (nSPS) is 19.7. The summed E-state index contributed by atoms with van der Waals surface area (Å²) in [5.74, 6) is 1.52. The first-order chi connectivity index (χ1) is 10.9. The van der Waals surface area contributed by atoms with Gasteiger partial charge in [0.25, 0.3) is 10.2 Å². The molecule has 7 nitrogen and oxygen atoms in total. The fourth-order valence-electron chi connectivity index (χ4n) is 3.00. The molecule has 3 heterocycles. The molecule has 0 amide bonds. The minimum absolute atomic E-state index is 0.218. The lowest BCUT2D eigenvalue weighted by Gasteiger charge is -2.27. The lowest BCUT2D eigenvalue weighted by molar-refractivity contribution is 0.308. The molecule has 0 radical (unpaired) electrons. The van der Waals surface area contributed by atoms with Gasteiger partial charge in [-0.2, -0.15) is 22.1 Å². The Balaban J connectivity index is 1.80. The Kier molecular flexibility index (Phi) is 4.31. The van der Waals surface area contributed by atoms with Crippen LogP contribution in [-0.2, 0) is 23.8 Å². The lowest BCUT2D eigenvalue weighted by Crippen LogP contribution is -2.41. The molecule has 1 aliphatic rings. The summed E-state index contributed by atoms with van der Waals surface area (Å²) < 4.78 is 36.1. The van der Waals surface area contributed by atoms with Crippen LogP contribution in [0.2, 0.25) is 0 Å². The van der Waals surface area contributed by atoms with Crippen molar-refractivity contribution >= 4 is 10.2 Å². The van der Waals surface area contributed by atoms with Crippen molar-refractivity contribution in [3.63, 3.8) is 0 Å². The SMILES string of the molecule is Cc1ccc([C@H]2CCCN2S(=O)(=O)N(C)Cc2cnn(C)c2)o1. The summed E-state index contributed by atoms with van der Waals surface area (Å²) in [7, 11) is -0.131. The van der Waals surface area contributed by atoms with Crippen LogP contribution in [0, 0.1) is 6.92 Å². The van der Waals surface area contributed by atoms with Gasteiger partial charge < -0.3 is 4.42 Å². The molecule has 2 aromatic heterocycles. The van der Waals surface area contributed by atoms with Crippen LogP contribution in [0.4, 0.5) is 0 Å². The van der Waals surface area contributed by atoms with E-state index in [9.17, 15) is 8.42 Å². The van der Waals surface area contributed by atoms with Gasteiger partial charge >= 0.3 is 0 Å². The Labute approximate surface area is 136 Å². The van der Waals surface area contributed by atoms with Gasteiger partial charge in [0, 0.05) is 38.9 Å². The predicted octanol–water partition coefficient (Wildman–Crippen LogP) is 1.84. The Bertz CT molecular complexity index is 780. The predicted molar refractivity (Wildman–Crippen MR) is 85.7 cm³/mol. The Hall–Kier alpha value is -1.64. The zero-order valence-corrected chi connectivity index (χ0v) is 14.5. The molecule has 8 heteroatoms. The van der Waals surface area contributed by atoms with Crippen molar-refractivity contribution in [3.05, 3.63) is 41.6 Å². The van der Waals surface area contributed by atoms with E-state index in [-0.39, 0.29) is 6.04 Å². The third kappa shape index (κ3) is 3.19. The molecule has 1 saturated heterocycles. The average Bonchev–Trinajstić information content (AvgIpc) is 3.19. The standard InChI is InChI=1S/C15H22N4O3S/c1-12-6-7-15(22-12)14-5-4-8-19(14)23(20,21)18(3)11-13-9-16-17(2)10-13/h6-7,9-10,14H,4-5,8,11H2,1-3H3/t14-/m1/s1. The van der Waals surface area contributed by atoms with Crippen LogP contribution < -0.4 is 0 Å². The summed E-state index contributed by atoms with van der Waals surface area (Å²) >= 11 is 0. The van der Waals surface area contributed by atoms with Gasteiger partial charge in [-0.25, -0.2) is 0 Å². The van der Waals surface area contributed by atoms with Gasteiger partial charge in [-0.3, -0.25) is 4.68 Å². The maximum absolute atomic E-state index is 12.9. The second kappa shape index (κ2) is 6.10. The first-order valence-electron chi connectivity index (χ1n) is 7.65. The maximum atomic E-state index is 12.9. The summed E-state index contributed by atoms with van der Waals surface area (Å²) in [6.45, 7) is 2.69. The van der Waals surface area contributed by atoms with Crippen molar-refractivity contribution in [2.45, 2.75) is 32.4 Å². The van der Waals surface area contributed by atoms with E-state index in [1.165, 1.54) is 4.31 Å². The van der Waals surface area contributed by atoms with E-state index in [1.807, 2.05) is 32.3 Å². The Morgan fingerprint density at radius 3 is 2.83 bits per heavy atom. The molecule has 0 bridgehead atoms. The second-order valence-corrected chi connectivity index (χ2v) is 7.99. The molecule has 2 aromatic rings. The third-order valence-electron chi connectivity index (χ3n) is 4.15. The van der Waals surface area contributed by atoms with Gasteiger partial charge in [-0.1, -0.05) is 0 Å². The van der Waals surface area contributed by atoms with Crippen molar-refractivity contribution in [2.75, 3.05) is 13.6 Å². The molecular formula is C15H22N4O3S. The smallest absolute Gasteiger partial charge is 0.282 e. The molecule has 0 aliphatic carbocycles. The molecule has 0 unspecified atom stereocenters. The van der Waals surface area contributed by atoms with Gasteiger partial charge in [0.15, 0.2) is 0 Å². The topological polar surface area (TPSA) is 71.6 Å². The van der Waals surface area contributed by atoms with E-state index < -0.39 is 10.2 Å². The highest BCUT2D eigenvalue weighted by molar-refractivity contribution is 7.86. The van der Waals surface area contributed by atoms with Crippen LogP contribution in [0.1, 0.15) is 36.0 Å². The number of furan rings is 1. The summed E-state index contributed by atoms with van der Waals surface area (Å²) in [6.07, 6.45) is 5.13. The molecule has 23 heavy (non-hydrogen) atoms. The zero-order valence-electron chi connectivity index (χ0n) is 13.6. The highest BCUT2D eigenvalue weighted by atomic mass is 32.2. The molecule has 3 rings (SSSR count). The van der Waals surface area contributed by atoms with E-state index >= 15 is 0 Å². The lowest BCUT2D eigenvalue weighted by atomic mass is 10.2. The van der Waals surface area contributed by atoms with Crippen LogP contribution in [0.15, 0.2) is 28.9 Å². The van der Waals surface area contributed by atoms with Crippen LogP contribution in [0.3, 0.4) is 0 Å². The minimum atomic E-state index is -3.55. The third-order valence-corrected chi connectivity index (χ3v) is 6.09. The molecule has 0 N–H and O–H groups in total. The number of aryl methyl sites for hydroxylation is 2. The highest BCUT2D eigenvalue weighted by Crippen LogP contribution is 2.36. The molecular weight excluding hydrogens is 316 g/mol. The van der Waals surface area contributed by atoms with E-state index in [4.69, 9.17) is 4.42 Å². The number of hydrogen-bond acceptors (Lipinski definition) is 4. The fourth-order valence-corrected chi connectivity index (χ4v) is 4.57. The van der Waals surface area contributed by atoms with E-state index in [0.29, 0.717) is 13.1 Å². The van der Waals surface area contributed by atoms with Crippen molar-refractivity contribution in [1.29, 1.82) is 0 Å². The van der Waals surface area contributed by atoms with Gasteiger partial charge in [0.2, 0.25) is 0 Å². The van der Waals surface area contributed by atoms with Gasteiger partial charge in [0.1, 0.15) is 11.5 Å². The first-order valence-corrected chi connectivity index (χ1v) is 9.04.